The van der Waals surface area contributed by atoms with Crippen molar-refractivity contribution in [1.82, 2.24) is 5.43 Å². The highest BCUT2D eigenvalue weighted by molar-refractivity contribution is 9.10. The summed E-state index contributed by atoms with van der Waals surface area (Å²) >= 11 is 3.03. The average Bonchev–Trinajstić information content (AvgIpc) is 2.31. The summed E-state index contributed by atoms with van der Waals surface area (Å²) in [5.41, 5.74) is 6.59. The molecule has 0 aliphatic heterocycles. The zero-order valence-electron chi connectivity index (χ0n) is 9.56. The van der Waals surface area contributed by atoms with Crippen LogP contribution in [0.2, 0.25) is 0 Å². The lowest BCUT2D eigenvalue weighted by atomic mass is 10.2. The van der Waals surface area contributed by atoms with E-state index in [0.29, 0.717) is 4.47 Å². The van der Waals surface area contributed by atoms with E-state index in [4.69, 9.17) is 5.73 Å². The summed E-state index contributed by atoms with van der Waals surface area (Å²) in [5, 5.41) is 35.4. The van der Waals surface area contributed by atoms with Gasteiger partial charge in [-0.05, 0) is 6.07 Å². The maximum atomic E-state index is 10.7. The maximum Gasteiger partial charge on any atom is 0.312 e. The molecular formula is C8H7BrN6O5. The van der Waals surface area contributed by atoms with Crippen molar-refractivity contribution in [3.05, 3.63) is 42.4 Å². The van der Waals surface area contributed by atoms with Gasteiger partial charge in [-0.15, -0.1) is 0 Å². The average molecular weight is 347 g/mol. The van der Waals surface area contributed by atoms with Crippen LogP contribution in [0.4, 0.5) is 5.69 Å². The summed E-state index contributed by atoms with van der Waals surface area (Å²) in [5.74, 6) is -1.19. The number of halogens is 1. The Morgan fingerprint density at radius 3 is 2.65 bits per heavy atom. The topological polar surface area (TPSA) is 169 Å². The number of rotatable bonds is 4. The van der Waals surface area contributed by atoms with E-state index in [9.17, 15) is 25.3 Å². The van der Waals surface area contributed by atoms with Crippen LogP contribution in [-0.4, -0.2) is 27.2 Å². The number of nitrogens with two attached hydrogens (primary N) is 1. The minimum atomic E-state index is -1.03. The Morgan fingerprint density at radius 1 is 1.45 bits per heavy atom. The number of guanidine groups is 1. The molecule has 0 unspecified atom stereocenters. The third kappa shape index (κ3) is 4.16. The number of hydrogen-bond donors (Lipinski definition) is 3. The van der Waals surface area contributed by atoms with Crippen LogP contribution < -0.4 is 11.2 Å². The predicted molar refractivity (Wildman–Crippen MR) is 71.8 cm³/mol. The van der Waals surface area contributed by atoms with Crippen molar-refractivity contribution in [2.45, 2.75) is 0 Å². The van der Waals surface area contributed by atoms with Gasteiger partial charge in [0.05, 0.1) is 11.1 Å². The number of hydrazone groups is 2. The van der Waals surface area contributed by atoms with Crippen molar-refractivity contribution in [2.75, 3.05) is 0 Å². The van der Waals surface area contributed by atoms with Crippen LogP contribution in [0.15, 0.2) is 26.8 Å². The number of benzene rings is 1. The molecule has 12 heteroatoms. The highest BCUT2D eigenvalue weighted by Gasteiger charge is 2.17. The molecule has 0 aliphatic rings. The lowest BCUT2D eigenvalue weighted by molar-refractivity contribution is -0.485. The fourth-order valence-electron chi connectivity index (χ4n) is 1.12. The number of nitrogens with one attached hydrogen (secondary N) is 1. The molecule has 0 atom stereocenters. The number of nitro groups is 2. The molecule has 0 aliphatic carbocycles. The second kappa shape index (κ2) is 6.42. The quantitative estimate of drug-likeness (QED) is 0.308. The van der Waals surface area contributed by atoms with Crippen molar-refractivity contribution in [2.24, 2.45) is 15.9 Å². The van der Waals surface area contributed by atoms with Crippen molar-refractivity contribution in [3.8, 4) is 5.75 Å². The first-order valence-corrected chi connectivity index (χ1v) is 5.55. The number of nitro benzene ring substituents is 1. The molecule has 1 aromatic rings. The summed E-state index contributed by atoms with van der Waals surface area (Å²) < 4.78 is 0.343. The molecule has 106 valence electrons. The molecule has 0 heterocycles. The van der Waals surface area contributed by atoms with Crippen molar-refractivity contribution in [3.63, 3.8) is 0 Å². The lowest BCUT2D eigenvalue weighted by Crippen LogP contribution is -2.28. The molecule has 0 bridgehead atoms. The number of phenolic OH excluding ortho intramolecular Hbond substituents is 1. The first-order valence-electron chi connectivity index (χ1n) is 4.75. The maximum absolute atomic E-state index is 10.7. The Labute approximate surface area is 119 Å². The van der Waals surface area contributed by atoms with Gasteiger partial charge in [0.1, 0.15) is 5.10 Å². The summed E-state index contributed by atoms with van der Waals surface area (Å²) in [7, 11) is 0. The SMILES string of the molecule is N/C(=N\[N+](=O)[O-])N/N=C/c1cc(Br)cc([N+](=O)[O-])c1O. The number of aromatic hydroxyl groups is 1. The van der Waals surface area contributed by atoms with Gasteiger partial charge in [-0.2, -0.15) is 5.10 Å². The van der Waals surface area contributed by atoms with Gasteiger partial charge in [0.15, 0.2) is 5.03 Å². The van der Waals surface area contributed by atoms with E-state index in [0.717, 1.165) is 12.3 Å². The van der Waals surface area contributed by atoms with Gasteiger partial charge in [0.25, 0.3) is 5.96 Å². The zero-order chi connectivity index (χ0) is 15.3. The molecule has 11 nitrogen and oxygen atoms in total. The Bertz CT molecular complexity index is 616. The van der Waals surface area contributed by atoms with Crippen molar-refractivity contribution in [1.29, 1.82) is 0 Å². The summed E-state index contributed by atoms with van der Waals surface area (Å²) in [6, 6.07) is 2.47. The molecule has 1 rings (SSSR count). The molecular weight excluding hydrogens is 340 g/mol. The van der Waals surface area contributed by atoms with Gasteiger partial charge in [-0.25, -0.2) is 15.5 Å². The van der Waals surface area contributed by atoms with Gasteiger partial charge in [0.2, 0.25) is 5.75 Å². The Hall–Kier alpha value is -2.76. The van der Waals surface area contributed by atoms with Crippen LogP contribution >= 0.6 is 15.9 Å². The monoisotopic (exact) mass is 346 g/mol. The molecule has 0 radical (unpaired) electrons. The van der Waals surface area contributed by atoms with Crippen LogP contribution in [0, 0.1) is 20.2 Å². The molecule has 20 heavy (non-hydrogen) atoms. The van der Waals surface area contributed by atoms with Crippen molar-refractivity contribution < 1.29 is 15.1 Å². The first-order chi connectivity index (χ1) is 9.31. The third-order valence-electron chi connectivity index (χ3n) is 1.85. The van der Waals surface area contributed by atoms with E-state index < -0.39 is 27.4 Å². The first kappa shape index (κ1) is 15.3. The molecule has 0 saturated carbocycles. The molecule has 0 fully saturated rings. The molecule has 0 aromatic heterocycles. The summed E-state index contributed by atoms with van der Waals surface area (Å²) in [6.45, 7) is 0. The second-order valence-electron chi connectivity index (χ2n) is 3.21. The Morgan fingerprint density at radius 2 is 2.10 bits per heavy atom. The minimum absolute atomic E-state index is 0.00692. The second-order valence-corrected chi connectivity index (χ2v) is 4.13. The van der Waals surface area contributed by atoms with Gasteiger partial charge in [0, 0.05) is 16.1 Å². The van der Waals surface area contributed by atoms with E-state index in [2.05, 4.69) is 26.1 Å². The highest BCUT2D eigenvalue weighted by atomic mass is 79.9. The fourth-order valence-corrected chi connectivity index (χ4v) is 1.58. The van der Waals surface area contributed by atoms with Crippen LogP contribution in [0.25, 0.3) is 0 Å². The van der Waals surface area contributed by atoms with E-state index >= 15 is 0 Å². The highest BCUT2D eigenvalue weighted by Crippen LogP contribution is 2.32. The van der Waals surface area contributed by atoms with Crippen LogP contribution in [0.5, 0.6) is 5.75 Å². The molecule has 0 spiro atoms. The Kier molecular flexibility index (Phi) is 4.91. The normalized spacial score (nSPS) is 11.6. The molecule has 1 aromatic carbocycles. The minimum Gasteiger partial charge on any atom is -0.502 e. The molecule has 0 amide bonds. The molecule has 4 N–H and O–H groups in total. The van der Waals surface area contributed by atoms with E-state index in [1.165, 1.54) is 6.07 Å². The smallest absolute Gasteiger partial charge is 0.312 e. The van der Waals surface area contributed by atoms with Crippen molar-refractivity contribution >= 4 is 33.8 Å². The third-order valence-corrected chi connectivity index (χ3v) is 2.31. The molecule has 0 saturated heterocycles. The summed E-state index contributed by atoms with van der Waals surface area (Å²) in [6.07, 6.45) is 0.995. The fraction of sp³-hybridized carbons (Fsp3) is 0. The largest absolute Gasteiger partial charge is 0.502 e. The van der Waals surface area contributed by atoms with Gasteiger partial charge < -0.3 is 10.8 Å². The van der Waals surface area contributed by atoms with Crippen LogP contribution in [0.1, 0.15) is 5.56 Å². The van der Waals surface area contributed by atoms with Crippen LogP contribution in [-0.2, 0) is 0 Å². The Balaban J connectivity index is 2.98. The van der Waals surface area contributed by atoms with E-state index in [1.807, 2.05) is 5.43 Å². The number of phenols is 1. The summed E-state index contributed by atoms with van der Waals surface area (Å²) in [4.78, 5) is 19.9. The zero-order valence-corrected chi connectivity index (χ0v) is 11.1. The van der Waals surface area contributed by atoms with Gasteiger partial charge in [-0.1, -0.05) is 15.9 Å². The number of hydrogen-bond acceptors (Lipinski definition) is 6. The van der Waals surface area contributed by atoms with Gasteiger partial charge in [-0.3, -0.25) is 10.1 Å². The van der Waals surface area contributed by atoms with Gasteiger partial charge >= 0.3 is 5.69 Å². The van der Waals surface area contributed by atoms with E-state index in [-0.39, 0.29) is 5.56 Å². The predicted octanol–water partition coefficient (Wildman–Crippen LogP) is 0.493. The number of nitrogens with zero attached hydrogens (tertiary/aromatic N) is 4. The van der Waals surface area contributed by atoms with Crippen LogP contribution in [0.3, 0.4) is 0 Å². The lowest BCUT2D eigenvalue weighted by Gasteiger charge is -2.01. The standard InChI is InChI=1S/C8H7BrN6O5/c9-5-1-4(7(16)6(2-5)14(17)18)3-11-12-8(10)13-15(19)20/h1-3,16H,(H3,10,12,13)/b11-3+. The van der Waals surface area contributed by atoms with E-state index in [1.54, 1.807) is 0 Å².